The Bertz CT molecular complexity index is 551. The molecule has 0 aromatic carbocycles. The van der Waals surface area contributed by atoms with Crippen LogP contribution in [0.2, 0.25) is 0 Å². The van der Waals surface area contributed by atoms with Gasteiger partial charge in [-0.1, -0.05) is 6.92 Å². The van der Waals surface area contributed by atoms with E-state index in [0.29, 0.717) is 12.1 Å². The molecule has 1 saturated heterocycles. The Morgan fingerprint density at radius 3 is 2.79 bits per heavy atom. The number of H-pyrrole nitrogens is 1. The van der Waals surface area contributed by atoms with Crippen molar-refractivity contribution < 1.29 is 14.4 Å². The van der Waals surface area contributed by atoms with Crippen LogP contribution < -0.4 is 11.1 Å². The molecule has 3 amide bonds. The lowest BCUT2D eigenvalue weighted by molar-refractivity contribution is -0.138. The molecule has 0 aliphatic carbocycles. The lowest BCUT2D eigenvalue weighted by atomic mass is 10.1. The van der Waals surface area contributed by atoms with Gasteiger partial charge in [-0.3, -0.25) is 24.8 Å². The second-order valence-electron chi connectivity index (χ2n) is 4.34. The number of rotatable bonds is 2. The van der Waals surface area contributed by atoms with Gasteiger partial charge in [-0.2, -0.15) is 5.10 Å². The first-order valence-corrected chi connectivity index (χ1v) is 5.93. The SMILES string of the molecule is CCc1[nH]nc(C(=O)N2CC(=O)NC(=O)C2C)c1N. The summed E-state index contributed by atoms with van der Waals surface area (Å²) in [6.07, 6.45) is 0.612. The molecule has 102 valence electrons. The Morgan fingerprint density at radius 1 is 1.53 bits per heavy atom. The van der Waals surface area contributed by atoms with E-state index in [1.165, 1.54) is 0 Å². The van der Waals surface area contributed by atoms with Crippen LogP contribution in [0.15, 0.2) is 0 Å². The monoisotopic (exact) mass is 265 g/mol. The average molecular weight is 265 g/mol. The van der Waals surface area contributed by atoms with Crippen LogP contribution in [0.25, 0.3) is 0 Å². The van der Waals surface area contributed by atoms with Crippen molar-refractivity contribution in [2.45, 2.75) is 26.3 Å². The van der Waals surface area contributed by atoms with Crippen LogP contribution in [0.3, 0.4) is 0 Å². The standard InChI is InChI=1S/C11H15N5O3/c1-3-6-8(12)9(15-14-6)11(19)16-4-7(17)13-10(18)5(16)2/h5H,3-4,12H2,1-2H3,(H,14,15)(H,13,17,18). The molecule has 0 radical (unpaired) electrons. The minimum atomic E-state index is -0.730. The van der Waals surface area contributed by atoms with Gasteiger partial charge in [0.05, 0.1) is 11.4 Å². The number of hydrogen-bond donors (Lipinski definition) is 3. The third-order valence-corrected chi connectivity index (χ3v) is 3.12. The van der Waals surface area contributed by atoms with Crippen LogP contribution in [0.5, 0.6) is 0 Å². The first kappa shape index (κ1) is 13.1. The molecule has 0 saturated carbocycles. The number of aromatic amines is 1. The molecule has 1 aromatic heterocycles. The molecule has 19 heavy (non-hydrogen) atoms. The van der Waals surface area contributed by atoms with Crippen molar-refractivity contribution in [2.75, 3.05) is 12.3 Å². The van der Waals surface area contributed by atoms with E-state index in [2.05, 4.69) is 15.5 Å². The van der Waals surface area contributed by atoms with Crippen LogP contribution in [0, 0.1) is 0 Å². The molecule has 1 aliphatic heterocycles. The molecule has 1 fully saturated rings. The summed E-state index contributed by atoms with van der Waals surface area (Å²) < 4.78 is 0. The van der Waals surface area contributed by atoms with E-state index < -0.39 is 23.8 Å². The average Bonchev–Trinajstić information content (AvgIpc) is 2.74. The summed E-state index contributed by atoms with van der Waals surface area (Å²) in [5.74, 6) is -1.54. The molecule has 1 unspecified atom stereocenters. The highest BCUT2D eigenvalue weighted by molar-refractivity contribution is 6.07. The normalized spacial score (nSPS) is 19.5. The number of amides is 3. The van der Waals surface area contributed by atoms with Gasteiger partial charge in [0, 0.05) is 0 Å². The van der Waals surface area contributed by atoms with E-state index in [1.807, 2.05) is 6.92 Å². The van der Waals surface area contributed by atoms with Crippen LogP contribution in [0.4, 0.5) is 5.69 Å². The molecule has 2 rings (SSSR count). The van der Waals surface area contributed by atoms with Gasteiger partial charge in [-0.25, -0.2) is 0 Å². The molecule has 0 bridgehead atoms. The maximum absolute atomic E-state index is 12.3. The maximum Gasteiger partial charge on any atom is 0.277 e. The number of hydrogen-bond acceptors (Lipinski definition) is 5. The van der Waals surface area contributed by atoms with Gasteiger partial charge in [0.25, 0.3) is 5.91 Å². The van der Waals surface area contributed by atoms with Gasteiger partial charge in [0.15, 0.2) is 5.69 Å². The van der Waals surface area contributed by atoms with Crippen molar-refractivity contribution >= 4 is 23.4 Å². The number of nitrogens with zero attached hydrogens (tertiary/aromatic N) is 2. The van der Waals surface area contributed by atoms with Gasteiger partial charge >= 0.3 is 0 Å². The molecule has 8 nitrogen and oxygen atoms in total. The summed E-state index contributed by atoms with van der Waals surface area (Å²) in [7, 11) is 0. The summed E-state index contributed by atoms with van der Waals surface area (Å²) in [6, 6.07) is -0.730. The third kappa shape index (κ3) is 2.16. The number of carbonyl (C=O) groups excluding carboxylic acids is 3. The summed E-state index contributed by atoms with van der Waals surface area (Å²) in [6.45, 7) is 3.24. The fourth-order valence-electron chi connectivity index (χ4n) is 1.92. The quantitative estimate of drug-likeness (QED) is 0.595. The number of imide groups is 1. The van der Waals surface area contributed by atoms with E-state index >= 15 is 0 Å². The van der Waals surface area contributed by atoms with E-state index in [0.717, 1.165) is 4.90 Å². The Kier molecular flexibility index (Phi) is 3.24. The molecule has 2 heterocycles. The van der Waals surface area contributed by atoms with Gasteiger partial charge in [0.2, 0.25) is 11.8 Å². The van der Waals surface area contributed by atoms with Crippen LogP contribution in [0.1, 0.15) is 30.0 Å². The first-order chi connectivity index (χ1) is 8.95. The molecule has 1 aliphatic rings. The number of anilines is 1. The minimum absolute atomic E-state index is 0.0474. The molecule has 8 heteroatoms. The van der Waals surface area contributed by atoms with Crippen molar-refractivity contribution in [3.05, 3.63) is 11.4 Å². The summed E-state index contributed by atoms with van der Waals surface area (Å²) in [5.41, 5.74) is 6.78. The van der Waals surface area contributed by atoms with Crippen LogP contribution >= 0.6 is 0 Å². The third-order valence-electron chi connectivity index (χ3n) is 3.12. The number of nitrogen functional groups attached to an aromatic ring is 1. The van der Waals surface area contributed by atoms with Crippen LogP contribution in [-0.2, 0) is 16.0 Å². The molecule has 4 N–H and O–H groups in total. The van der Waals surface area contributed by atoms with Crippen molar-refractivity contribution in [3.8, 4) is 0 Å². The first-order valence-electron chi connectivity index (χ1n) is 5.93. The maximum atomic E-state index is 12.3. The Balaban J connectivity index is 2.30. The Labute approximate surface area is 109 Å². The van der Waals surface area contributed by atoms with Crippen molar-refractivity contribution in [3.63, 3.8) is 0 Å². The predicted octanol–water partition coefficient (Wildman–Crippen LogP) is -0.959. The van der Waals surface area contributed by atoms with Crippen LogP contribution in [-0.4, -0.2) is 45.4 Å². The number of nitrogens with two attached hydrogens (primary N) is 1. The second-order valence-corrected chi connectivity index (χ2v) is 4.34. The number of nitrogens with one attached hydrogen (secondary N) is 2. The summed E-state index contributed by atoms with van der Waals surface area (Å²) in [5, 5.41) is 8.70. The molecule has 1 atom stereocenters. The highest BCUT2D eigenvalue weighted by atomic mass is 16.2. The zero-order chi connectivity index (χ0) is 14.2. The number of aryl methyl sites for hydroxylation is 1. The zero-order valence-corrected chi connectivity index (χ0v) is 10.7. The lowest BCUT2D eigenvalue weighted by Gasteiger charge is -2.31. The summed E-state index contributed by atoms with van der Waals surface area (Å²) >= 11 is 0. The molecular weight excluding hydrogens is 250 g/mol. The smallest absolute Gasteiger partial charge is 0.277 e. The largest absolute Gasteiger partial charge is 0.395 e. The topological polar surface area (TPSA) is 121 Å². The van der Waals surface area contributed by atoms with E-state index in [9.17, 15) is 14.4 Å². The van der Waals surface area contributed by atoms with Crippen molar-refractivity contribution in [2.24, 2.45) is 0 Å². The fourth-order valence-corrected chi connectivity index (χ4v) is 1.92. The Morgan fingerprint density at radius 2 is 2.21 bits per heavy atom. The zero-order valence-electron chi connectivity index (χ0n) is 10.7. The van der Waals surface area contributed by atoms with E-state index in [4.69, 9.17) is 5.73 Å². The van der Waals surface area contributed by atoms with Gasteiger partial charge in [0.1, 0.15) is 12.6 Å². The van der Waals surface area contributed by atoms with Gasteiger partial charge in [-0.15, -0.1) is 0 Å². The summed E-state index contributed by atoms with van der Waals surface area (Å²) in [4.78, 5) is 36.3. The number of aromatic nitrogens is 2. The van der Waals surface area contributed by atoms with Gasteiger partial charge < -0.3 is 10.6 Å². The van der Waals surface area contributed by atoms with Gasteiger partial charge in [-0.05, 0) is 13.3 Å². The molecule has 0 spiro atoms. The van der Waals surface area contributed by atoms with E-state index in [-0.39, 0.29) is 17.9 Å². The second kappa shape index (κ2) is 4.71. The fraction of sp³-hybridized carbons (Fsp3) is 0.455. The molecule has 1 aromatic rings. The number of carbonyl (C=O) groups is 3. The van der Waals surface area contributed by atoms with Crippen molar-refractivity contribution in [1.82, 2.24) is 20.4 Å². The van der Waals surface area contributed by atoms with E-state index in [1.54, 1.807) is 6.92 Å². The highest BCUT2D eigenvalue weighted by Crippen LogP contribution is 2.18. The van der Waals surface area contributed by atoms with Crippen molar-refractivity contribution in [1.29, 1.82) is 0 Å². The Hall–Kier alpha value is -2.38. The molecular formula is C11H15N5O3. The minimum Gasteiger partial charge on any atom is -0.395 e. The predicted molar refractivity (Wildman–Crippen MR) is 66.0 cm³/mol. The lowest BCUT2D eigenvalue weighted by Crippen LogP contribution is -2.58. The highest BCUT2D eigenvalue weighted by Gasteiger charge is 2.35. The number of piperazine rings is 1.